The molecule has 1 aliphatic rings. The van der Waals surface area contributed by atoms with E-state index in [2.05, 4.69) is 34.8 Å². The summed E-state index contributed by atoms with van der Waals surface area (Å²) in [7, 11) is 2.10. The summed E-state index contributed by atoms with van der Waals surface area (Å²) >= 11 is 3.51. The highest BCUT2D eigenvalue weighted by Gasteiger charge is 2.33. The highest BCUT2D eigenvalue weighted by molar-refractivity contribution is 9.10. The van der Waals surface area contributed by atoms with Crippen molar-refractivity contribution >= 4 is 27.9 Å². The Balaban J connectivity index is 2.10. The summed E-state index contributed by atoms with van der Waals surface area (Å²) < 4.78 is 0.993. The lowest BCUT2D eigenvalue weighted by Gasteiger charge is -2.20. The van der Waals surface area contributed by atoms with Crippen LogP contribution in [0, 0.1) is 11.8 Å². The summed E-state index contributed by atoms with van der Waals surface area (Å²) in [5.74, 6) is 1.71. The van der Waals surface area contributed by atoms with E-state index in [1.807, 2.05) is 18.2 Å². The van der Waals surface area contributed by atoms with Crippen molar-refractivity contribution in [3.63, 3.8) is 0 Å². The van der Waals surface area contributed by atoms with E-state index >= 15 is 0 Å². The number of aldehydes is 1. The van der Waals surface area contributed by atoms with Gasteiger partial charge in [0.05, 0.1) is 5.69 Å². The van der Waals surface area contributed by atoms with Gasteiger partial charge in [-0.3, -0.25) is 4.79 Å². The van der Waals surface area contributed by atoms with Gasteiger partial charge in [-0.2, -0.15) is 0 Å². The highest BCUT2D eigenvalue weighted by Crippen LogP contribution is 2.39. The molecule has 0 heterocycles. The molecule has 16 heavy (non-hydrogen) atoms. The summed E-state index contributed by atoms with van der Waals surface area (Å²) in [5.41, 5.74) is 1.87. The van der Waals surface area contributed by atoms with Crippen molar-refractivity contribution in [2.45, 2.75) is 13.3 Å². The fraction of sp³-hybridized carbons (Fsp3) is 0.462. The molecule has 86 valence electrons. The average molecular weight is 282 g/mol. The van der Waals surface area contributed by atoms with Gasteiger partial charge in [-0.25, -0.2) is 0 Å². The topological polar surface area (TPSA) is 20.3 Å². The van der Waals surface area contributed by atoms with Crippen LogP contribution in [0.5, 0.6) is 0 Å². The second-order valence-corrected chi connectivity index (χ2v) is 5.54. The van der Waals surface area contributed by atoms with Gasteiger partial charge < -0.3 is 4.90 Å². The maximum absolute atomic E-state index is 10.6. The Labute approximate surface area is 105 Å². The Morgan fingerprint density at radius 2 is 2.25 bits per heavy atom. The molecule has 1 aromatic carbocycles. The van der Waals surface area contributed by atoms with Gasteiger partial charge in [0.15, 0.2) is 0 Å². The van der Waals surface area contributed by atoms with Crippen LogP contribution in [0.3, 0.4) is 0 Å². The van der Waals surface area contributed by atoms with Crippen molar-refractivity contribution in [3.8, 4) is 0 Å². The summed E-state index contributed by atoms with van der Waals surface area (Å²) in [5, 5.41) is 0. The molecule has 3 heteroatoms. The van der Waals surface area contributed by atoms with E-state index in [0.717, 1.165) is 34.8 Å². The largest absolute Gasteiger partial charge is 0.373 e. The standard InChI is InChI=1S/C13H16BrNO/c1-9-5-11(9)7-15(2)13-4-3-10(8-16)6-12(13)14/h3-4,6,8-9,11H,5,7H2,1-2H3. The minimum atomic E-state index is 0.712. The number of hydrogen-bond donors (Lipinski definition) is 0. The highest BCUT2D eigenvalue weighted by atomic mass is 79.9. The summed E-state index contributed by atoms with van der Waals surface area (Å²) in [6.45, 7) is 3.39. The molecule has 0 aromatic heterocycles. The number of halogens is 1. The Morgan fingerprint density at radius 3 is 2.75 bits per heavy atom. The van der Waals surface area contributed by atoms with E-state index in [0.29, 0.717) is 5.56 Å². The fourth-order valence-corrected chi connectivity index (χ4v) is 2.71. The fourth-order valence-electron chi connectivity index (χ4n) is 2.01. The van der Waals surface area contributed by atoms with Crippen molar-refractivity contribution < 1.29 is 4.79 Å². The Morgan fingerprint density at radius 1 is 1.56 bits per heavy atom. The van der Waals surface area contributed by atoms with Crippen LogP contribution in [0.4, 0.5) is 5.69 Å². The van der Waals surface area contributed by atoms with E-state index in [1.165, 1.54) is 6.42 Å². The minimum absolute atomic E-state index is 0.712. The van der Waals surface area contributed by atoms with Crippen LogP contribution in [0.1, 0.15) is 23.7 Å². The monoisotopic (exact) mass is 281 g/mol. The number of rotatable bonds is 4. The van der Waals surface area contributed by atoms with Gasteiger partial charge in [-0.1, -0.05) is 6.92 Å². The van der Waals surface area contributed by atoms with Gasteiger partial charge in [-0.05, 0) is 52.4 Å². The molecule has 2 unspecified atom stereocenters. The molecule has 2 nitrogen and oxygen atoms in total. The lowest BCUT2D eigenvalue weighted by molar-refractivity contribution is 0.112. The van der Waals surface area contributed by atoms with Gasteiger partial charge in [0.25, 0.3) is 0 Å². The average Bonchev–Trinajstić information content (AvgIpc) is 2.93. The molecular formula is C13H16BrNO. The number of carbonyl (C=O) groups is 1. The number of nitrogens with zero attached hydrogens (tertiary/aromatic N) is 1. The zero-order chi connectivity index (χ0) is 11.7. The predicted octanol–water partition coefficient (Wildman–Crippen LogP) is 3.35. The molecule has 2 rings (SSSR count). The van der Waals surface area contributed by atoms with Crippen LogP contribution in [0.2, 0.25) is 0 Å². The SMILES string of the molecule is CC1CC1CN(C)c1ccc(C=O)cc1Br. The minimum Gasteiger partial charge on any atom is -0.373 e. The Kier molecular flexibility index (Phi) is 3.33. The first-order chi connectivity index (χ1) is 7.61. The molecule has 1 fully saturated rings. The van der Waals surface area contributed by atoms with Gasteiger partial charge in [0, 0.05) is 23.6 Å². The van der Waals surface area contributed by atoms with Crippen molar-refractivity contribution in [2.24, 2.45) is 11.8 Å². The molecule has 0 saturated heterocycles. The predicted molar refractivity (Wildman–Crippen MR) is 70.1 cm³/mol. The second kappa shape index (κ2) is 4.58. The number of benzene rings is 1. The second-order valence-electron chi connectivity index (χ2n) is 4.68. The van der Waals surface area contributed by atoms with Crippen LogP contribution in [-0.2, 0) is 0 Å². The summed E-state index contributed by atoms with van der Waals surface area (Å²) in [6.07, 6.45) is 2.21. The first kappa shape index (κ1) is 11.6. The summed E-state index contributed by atoms with van der Waals surface area (Å²) in [6, 6.07) is 5.73. The number of carbonyl (C=O) groups excluding carboxylic acids is 1. The lowest BCUT2D eigenvalue weighted by atomic mass is 10.2. The van der Waals surface area contributed by atoms with Crippen molar-refractivity contribution in [2.75, 3.05) is 18.5 Å². The zero-order valence-electron chi connectivity index (χ0n) is 9.61. The summed E-state index contributed by atoms with van der Waals surface area (Å²) in [4.78, 5) is 12.9. The van der Waals surface area contributed by atoms with Gasteiger partial charge in [0.2, 0.25) is 0 Å². The van der Waals surface area contributed by atoms with Crippen LogP contribution < -0.4 is 4.90 Å². The maximum atomic E-state index is 10.6. The van der Waals surface area contributed by atoms with Crippen LogP contribution in [-0.4, -0.2) is 19.9 Å². The van der Waals surface area contributed by atoms with Crippen molar-refractivity contribution in [1.82, 2.24) is 0 Å². The van der Waals surface area contributed by atoms with E-state index in [9.17, 15) is 4.79 Å². The smallest absolute Gasteiger partial charge is 0.150 e. The van der Waals surface area contributed by atoms with Gasteiger partial charge in [-0.15, -0.1) is 0 Å². The number of hydrogen-bond acceptors (Lipinski definition) is 2. The van der Waals surface area contributed by atoms with Crippen molar-refractivity contribution in [3.05, 3.63) is 28.2 Å². The molecule has 1 saturated carbocycles. The van der Waals surface area contributed by atoms with E-state index < -0.39 is 0 Å². The number of anilines is 1. The Hall–Kier alpha value is -0.830. The molecule has 1 aromatic rings. The first-order valence-corrected chi connectivity index (χ1v) is 6.37. The maximum Gasteiger partial charge on any atom is 0.150 e. The molecule has 0 N–H and O–H groups in total. The van der Waals surface area contributed by atoms with E-state index in [4.69, 9.17) is 0 Å². The van der Waals surface area contributed by atoms with E-state index in [1.54, 1.807) is 0 Å². The van der Waals surface area contributed by atoms with Gasteiger partial charge in [0.1, 0.15) is 6.29 Å². The quantitative estimate of drug-likeness (QED) is 0.789. The molecule has 0 aliphatic heterocycles. The van der Waals surface area contributed by atoms with Gasteiger partial charge >= 0.3 is 0 Å². The molecule has 0 spiro atoms. The van der Waals surface area contributed by atoms with Crippen LogP contribution in [0.15, 0.2) is 22.7 Å². The molecule has 0 amide bonds. The molecule has 0 radical (unpaired) electrons. The molecule has 1 aliphatic carbocycles. The van der Waals surface area contributed by atoms with Crippen LogP contribution in [0.25, 0.3) is 0 Å². The first-order valence-electron chi connectivity index (χ1n) is 5.57. The third-order valence-corrected chi connectivity index (χ3v) is 3.94. The van der Waals surface area contributed by atoms with E-state index in [-0.39, 0.29) is 0 Å². The van der Waals surface area contributed by atoms with Crippen LogP contribution >= 0.6 is 15.9 Å². The third kappa shape index (κ3) is 2.46. The zero-order valence-corrected chi connectivity index (χ0v) is 11.2. The van der Waals surface area contributed by atoms with Crippen molar-refractivity contribution in [1.29, 1.82) is 0 Å². The Bertz CT molecular complexity index is 405. The molecule has 2 atom stereocenters. The normalized spacial score (nSPS) is 22.9. The molecule has 0 bridgehead atoms. The third-order valence-electron chi connectivity index (χ3n) is 3.30. The lowest BCUT2D eigenvalue weighted by Crippen LogP contribution is -2.20. The molecular weight excluding hydrogens is 266 g/mol.